The molecule has 1 unspecified atom stereocenters. The number of halogens is 1. The number of aromatic nitrogens is 4. The lowest BCUT2D eigenvalue weighted by Gasteiger charge is -2.29. The van der Waals surface area contributed by atoms with Gasteiger partial charge >= 0.3 is 7.60 Å². The first-order valence-electron chi connectivity index (χ1n) is 11.3. The summed E-state index contributed by atoms with van der Waals surface area (Å²) in [4.78, 5) is 24.4. The van der Waals surface area contributed by atoms with Gasteiger partial charge in [-0.3, -0.25) is 9.32 Å². The maximum Gasteiger partial charge on any atom is 0.404 e. The van der Waals surface area contributed by atoms with Gasteiger partial charge in [0.25, 0.3) is 0 Å². The van der Waals surface area contributed by atoms with E-state index in [1.807, 2.05) is 13.8 Å². The normalized spacial score (nSPS) is 20.6. The lowest BCUT2D eigenvalue weighted by molar-refractivity contribution is -0.122. The average molecular weight is 540 g/mol. The van der Waals surface area contributed by atoms with E-state index in [0.717, 1.165) is 5.56 Å². The summed E-state index contributed by atoms with van der Waals surface area (Å²) in [5.74, 6) is 0.844. The first-order chi connectivity index (χ1) is 16.7. The fourth-order valence-corrected chi connectivity index (χ4v) is 4.93. The van der Waals surface area contributed by atoms with Crippen LogP contribution >= 0.6 is 20.0 Å². The number of rotatable bonds is 9. The van der Waals surface area contributed by atoms with Gasteiger partial charge in [0.2, 0.25) is 5.91 Å². The Bertz CT molecular complexity index is 1210. The third-order valence-corrected chi connectivity index (χ3v) is 6.90. The molecule has 3 heterocycles. The largest absolute Gasteiger partial charge is 0.423 e. The van der Waals surface area contributed by atoms with Crippen LogP contribution in [0.1, 0.15) is 19.4 Å². The van der Waals surface area contributed by atoms with Gasteiger partial charge in [0.05, 0.1) is 25.5 Å². The van der Waals surface area contributed by atoms with E-state index in [2.05, 4.69) is 20.3 Å². The first-order valence-corrected chi connectivity index (χ1v) is 13.0. The van der Waals surface area contributed by atoms with Crippen LogP contribution in [0, 0.1) is 5.92 Å². The highest BCUT2D eigenvalue weighted by Gasteiger charge is 2.35. The van der Waals surface area contributed by atoms with Crippen LogP contribution in [-0.2, 0) is 31.6 Å². The standard InChI is InChI=1S/C22H30N7O5P.ClH/c1-14(2)8-25-22(30)18(23)7-15-3-5-16(6-4-15)34-35(31)13-32-17(10-33-35)9-29-12-28-19-20(24)26-11-27-21(19)29;/h3-6,11-12,14,17-18H,7-10,13,23H2,1-2H3,(H,25,30)(H2,24,26,27);1H/t17-,18-,35?;/m0./s1. The second-order valence-corrected chi connectivity index (χ2v) is 10.8. The molecular formula is C22H31ClN7O5P. The Labute approximate surface area is 215 Å². The predicted octanol–water partition coefficient (Wildman–Crippen LogP) is 2.12. The quantitative estimate of drug-likeness (QED) is 0.342. The van der Waals surface area contributed by atoms with E-state index in [1.54, 1.807) is 35.2 Å². The van der Waals surface area contributed by atoms with Crippen LogP contribution in [0.4, 0.5) is 5.82 Å². The number of hydrogen-bond acceptors (Lipinski definition) is 10. The topological polar surface area (TPSA) is 169 Å². The molecule has 0 bridgehead atoms. The second-order valence-electron chi connectivity index (χ2n) is 8.84. The highest BCUT2D eigenvalue weighted by atomic mass is 35.5. The number of amides is 1. The van der Waals surface area contributed by atoms with Gasteiger partial charge in [-0.1, -0.05) is 26.0 Å². The summed E-state index contributed by atoms with van der Waals surface area (Å²) in [5.41, 5.74) is 13.8. The Morgan fingerprint density at radius 2 is 2.03 bits per heavy atom. The number of nitrogens with two attached hydrogens (primary N) is 2. The lowest BCUT2D eigenvalue weighted by Crippen LogP contribution is -2.43. The van der Waals surface area contributed by atoms with Crippen LogP contribution < -0.4 is 21.3 Å². The Kier molecular flexibility index (Phi) is 9.26. The SMILES string of the molecule is CC(C)CNC(=O)[C@@H](N)Cc1ccc(OP2(=O)CO[C@@H](Cn3cnc4c(N)ncnc43)CO2)cc1.Cl. The van der Waals surface area contributed by atoms with Gasteiger partial charge in [-0.2, -0.15) is 0 Å². The van der Waals surface area contributed by atoms with Crippen molar-refractivity contribution in [1.82, 2.24) is 24.8 Å². The Balaban J connectivity index is 0.00000361. The van der Waals surface area contributed by atoms with Crippen molar-refractivity contribution in [2.45, 2.75) is 39.0 Å². The summed E-state index contributed by atoms with van der Waals surface area (Å²) in [7, 11) is -3.48. The van der Waals surface area contributed by atoms with Crippen molar-refractivity contribution in [2.75, 3.05) is 25.2 Å². The molecular weight excluding hydrogens is 509 g/mol. The predicted molar refractivity (Wildman–Crippen MR) is 137 cm³/mol. The van der Waals surface area contributed by atoms with E-state index in [0.29, 0.717) is 48.2 Å². The molecule has 1 fully saturated rings. The molecule has 4 rings (SSSR count). The molecule has 1 aliphatic rings. The van der Waals surface area contributed by atoms with Gasteiger partial charge in [-0.15, -0.1) is 12.4 Å². The summed E-state index contributed by atoms with van der Waals surface area (Å²) < 4.78 is 31.7. The maximum absolute atomic E-state index is 13.0. The number of carbonyl (C=O) groups excluding carboxylic acids is 1. The fourth-order valence-electron chi connectivity index (χ4n) is 3.52. The van der Waals surface area contributed by atoms with Crippen LogP contribution in [0.3, 0.4) is 0 Å². The van der Waals surface area contributed by atoms with E-state index in [4.69, 9.17) is 25.3 Å². The Hall–Kier alpha value is -2.76. The minimum absolute atomic E-state index is 0. The second kappa shape index (κ2) is 12.0. The fraction of sp³-hybridized carbons (Fsp3) is 0.455. The highest BCUT2D eigenvalue weighted by Crippen LogP contribution is 2.51. The molecule has 1 aliphatic heterocycles. The molecule has 0 aliphatic carbocycles. The molecule has 1 saturated heterocycles. The van der Waals surface area contributed by atoms with Crippen LogP contribution in [-0.4, -0.2) is 57.1 Å². The van der Waals surface area contributed by atoms with E-state index in [1.165, 1.54) is 6.33 Å². The van der Waals surface area contributed by atoms with E-state index in [-0.39, 0.29) is 37.4 Å². The Morgan fingerprint density at radius 3 is 2.69 bits per heavy atom. The van der Waals surface area contributed by atoms with Crippen LogP contribution in [0.25, 0.3) is 11.2 Å². The van der Waals surface area contributed by atoms with E-state index < -0.39 is 13.6 Å². The molecule has 36 heavy (non-hydrogen) atoms. The summed E-state index contributed by atoms with van der Waals surface area (Å²) in [6.07, 6.45) is 2.80. The minimum Gasteiger partial charge on any atom is -0.423 e. The Morgan fingerprint density at radius 1 is 1.28 bits per heavy atom. The summed E-state index contributed by atoms with van der Waals surface area (Å²) in [6.45, 7) is 5.09. The van der Waals surface area contributed by atoms with E-state index >= 15 is 0 Å². The monoisotopic (exact) mass is 539 g/mol. The molecule has 3 atom stereocenters. The first kappa shape index (κ1) is 27.8. The van der Waals surface area contributed by atoms with Crippen LogP contribution in [0.5, 0.6) is 5.75 Å². The van der Waals surface area contributed by atoms with Crippen molar-refractivity contribution in [3.05, 3.63) is 42.5 Å². The van der Waals surface area contributed by atoms with Crippen molar-refractivity contribution >= 4 is 42.9 Å². The maximum atomic E-state index is 13.0. The number of ether oxygens (including phenoxy) is 1. The molecule has 1 amide bonds. The van der Waals surface area contributed by atoms with Crippen molar-refractivity contribution in [3.63, 3.8) is 0 Å². The zero-order valence-electron chi connectivity index (χ0n) is 20.1. The van der Waals surface area contributed by atoms with Gasteiger partial charge in [0, 0.05) is 6.54 Å². The lowest BCUT2D eigenvalue weighted by atomic mass is 10.1. The molecule has 0 spiro atoms. The molecule has 14 heteroatoms. The van der Waals surface area contributed by atoms with Crippen molar-refractivity contribution in [1.29, 1.82) is 0 Å². The van der Waals surface area contributed by atoms with Crippen LogP contribution in [0.2, 0.25) is 0 Å². The van der Waals surface area contributed by atoms with Crippen LogP contribution in [0.15, 0.2) is 36.9 Å². The number of nitrogens with zero attached hydrogens (tertiary/aromatic N) is 4. The number of fused-ring (bicyclic) bond motifs is 1. The molecule has 0 saturated carbocycles. The average Bonchev–Trinajstić information content (AvgIpc) is 3.24. The summed E-state index contributed by atoms with van der Waals surface area (Å²) in [6, 6.07) is 6.25. The number of imidazole rings is 1. The van der Waals surface area contributed by atoms with Crippen molar-refractivity contribution in [3.8, 4) is 5.75 Å². The van der Waals surface area contributed by atoms with E-state index in [9.17, 15) is 9.36 Å². The van der Waals surface area contributed by atoms with Gasteiger partial charge in [0.1, 0.15) is 23.7 Å². The van der Waals surface area contributed by atoms with Gasteiger partial charge < -0.3 is 30.6 Å². The zero-order valence-corrected chi connectivity index (χ0v) is 21.8. The third kappa shape index (κ3) is 6.92. The highest BCUT2D eigenvalue weighted by molar-refractivity contribution is 7.54. The molecule has 2 aromatic heterocycles. The zero-order chi connectivity index (χ0) is 25.0. The molecule has 12 nitrogen and oxygen atoms in total. The van der Waals surface area contributed by atoms with Gasteiger partial charge in [-0.05, 0) is 30.0 Å². The number of nitrogens with one attached hydrogen (secondary N) is 1. The van der Waals surface area contributed by atoms with Gasteiger partial charge in [-0.25, -0.2) is 19.5 Å². The minimum atomic E-state index is -3.48. The van der Waals surface area contributed by atoms with Crippen molar-refractivity contribution in [2.24, 2.45) is 11.7 Å². The van der Waals surface area contributed by atoms with Crippen molar-refractivity contribution < 1.29 is 23.1 Å². The molecule has 3 aromatic rings. The molecule has 5 N–H and O–H groups in total. The molecule has 196 valence electrons. The molecule has 1 aromatic carbocycles. The summed E-state index contributed by atoms with van der Waals surface area (Å²) >= 11 is 0. The molecule has 0 radical (unpaired) electrons. The number of hydrogen-bond donors (Lipinski definition) is 3. The number of anilines is 1. The third-order valence-electron chi connectivity index (χ3n) is 5.40. The van der Waals surface area contributed by atoms with Gasteiger partial charge in [0.15, 0.2) is 17.8 Å². The smallest absolute Gasteiger partial charge is 0.404 e. The number of carbonyl (C=O) groups is 1. The number of benzene rings is 1. The summed E-state index contributed by atoms with van der Waals surface area (Å²) in [5, 5.41) is 2.83. The number of nitrogen functional groups attached to an aromatic ring is 1.